The second-order valence-corrected chi connectivity index (χ2v) is 7.48. The predicted molar refractivity (Wildman–Crippen MR) is 95.9 cm³/mol. The minimum absolute atomic E-state index is 0.0162. The van der Waals surface area contributed by atoms with Gasteiger partial charge in [0.25, 0.3) is 0 Å². The molecule has 1 heterocycles. The number of amides is 2. The van der Waals surface area contributed by atoms with Crippen molar-refractivity contribution in [3.63, 3.8) is 0 Å². The third kappa shape index (κ3) is 3.71. The first-order chi connectivity index (χ1) is 11.9. The Morgan fingerprint density at radius 1 is 1.24 bits per heavy atom. The van der Waals surface area contributed by atoms with E-state index in [1.54, 1.807) is 6.92 Å². The van der Waals surface area contributed by atoms with Crippen LogP contribution in [-0.2, 0) is 9.59 Å². The molecule has 1 saturated heterocycles. The second kappa shape index (κ2) is 7.16. The molecule has 1 aromatic rings. The minimum atomic E-state index is -0.907. The Balaban J connectivity index is 1.80. The Bertz CT molecular complexity index is 667. The summed E-state index contributed by atoms with van der Waals surface area (Å²) in [6, 6.07) is 5.35. The average Bonchev–Trinajstić information content (AvgIpc) is 3.32. The van der Waals surface area contributed by atoms with E-state index < -0.39 is 12.1 Å². The van der Waals surface area contributed by atoms with E-state index in [0.29, 0.717) is 6.54 Å². The molecule has 2 fully saturated rings. The van der Waals surface area contributed by atoms with Crippen LogP contribution in [-0.4, -0.2) is 40.5 Å². The number of likely N-dealkylation sites (tertiary alicyclic amines) is 1. The average molecular weight is 344 g/mol. The number of nitrogens with zero attached hydrogens (tertiary/aromatic N) is 1. The lowest BCUT2D eigenvalue weighted by atomic mass is 9.95. The van der Waals surface area contributed by atoms with Crippen LogP contribution in [0.25, 0.3) is 0 Å². The molecule has 136 valence electrons. The first-order valence-electron chi connectivity index (χ1n) is 9.25. The van der Waals surface area contributed by atoms with E-state index in [0.717, 1.165) is 25.7 Å². The van der Waals surface area contributed by atoms with Crippen molar-refractivity contribution in [2.24, 2.45) is 5.92 Å². The summed E-state index contributed by atoms with van der Waals surface area (Å²) < 4.78 is 0. The zero-order valence-corrected chi connectivity index (χ0v) is 15.3. The molecule has 5 heteroatoms. The van der Waals surface area contributed by atoms with Crippen molar-refractivity contribution in [3.05, 3.63) is 34.9 Å². The molecule has 1 aromatic carbocycles. The molecule has 1 saturated carbocycles. The van der Waals surface area contributed by atoms with Crippen LogP contribution < -0.4 is 5.32 Å². The molecule has 0 bridgehead atoms. The number of benzene rings is 1. The number of nitrogens with one attached hydrogen (secondary N) is 1. The zero-order chi connectivity index (χ0) is 18.1. The summed E-state index contributed by atoms with van der Waals surface area (Å²) >= 11 is 0. The Kier molecular flexibility index (Phi) is 5.13. The quantitative estimate of drug-likeness (QED) is 0.861. The smallest absolute Gasteiger partial charge is 0.248 e. The van der Waals surface area contributed by atoms with E-state index in [1.807, 2.05) is 11.0 Å². The van der Waals surface area contributed by atoms with Gasteiger partial charge in [-0.1, -0.05) is 18.2 Å². The molecule has 3 atom stereocenters. The summed E-state index contributed by atoms with van der Waals surface area (Å²) in [5.41, 5.74) is 3.59. The second-order valence-electron chi connectivity index (χ2n) is 7.48. The monoisotopic (exact) mass is 344 g/mol. The van der Waals surface area contributed by atoms with Gasteiger partial charge in [-0.25, -0.2) is 0 Å². The maximum Gasteiger partial charge on any atom is 0.248 e. The van der Waals surface area contributed by atoms with E-state index in [4.69, 9.17) is 0 Å². The van der Waals surface area contributed by atoms with Crippen molar-refractivity contribution in [2.45, 2.75) is 64.6 Å². The molecule has 1 aliphatic heterocycles. The SMILES string of the molecule is Cc1cccc(C2CCCN2C(=O)C(NC(=O)C2CC2)C(C)O)c1C. The number of aliphatic hydroxyl groups is 1. The molecule has 25 heavy (non-hydrogen) atoms. The fourth-order valence-corrected chi connectivity index (χ4v) is 3.67. The van der Waals surface area contributed by atoms with Crippen LogP contribution >= 0.6 is 0 Å². The van der Waals surface area contributed by atoms with Crippen LogP contribution in [0, 0.1) is 19.8 Å². The maximum absolute atomic E-state index is 13.1. The Morgan fingerprint density at radius 2 is 1.96 bits per heavy atom. The molecular weight excluding hydrogens is 316 g/mol. The van der Waals surface area contributed by atoms with E-state index in [9.17, 15) is 14.7 Å². The van der Waals surface area contributed by atoms with Gasteiger partial charge in [0.2, 0.25) is 11.8 Å². The number of hydrogen-bond acceptors (Lipinski definition) is 3. The summed E-state index contributed by atoms with van der Waals surface area (Å²) in [6.45, 7) is 6.40. The van der Waals surface area contributed by atoms with Gasteiger partial charge in [0.1, 0.15) is 6.04 Å². The van der Waals surface area contributed by atoms with Crippen LogP contribution in [0.1, 0.15) is 55.3 Å². The standard InChI is InChI=1S/C20H28N2O3/c1-12-6-4-7-16(13(12)2)17-8-5-11-22(17)20(25)18(14(3)23)21-19(24)15-9-10-15/h4,6-7,14-15,17-18,23H,5,8-11H2,1-3H3,(H,21,24). The fourth-order valence-electron chi connectivity index (χ4n) is 3.67. The number of rotatable bonds is 5. The topological polar surface area (TPSA) is 69.6 Å². The van der Waals surface area contributed by atoms with Crippen LogP contribution in [0.3, 0.4) is 0 Å². The summed E-state index contributed by atoms with van der Waals surface area (Å²) in [4.78, 5) is 27.0. The van der Waals surface area contributed by atoms with Gasteiger partial charge in [0.15, 0.2) is 0 Å². The lowest BCUT2D eigenvalue weighted by molar-refractivity contribution is -0.140. The highest BCUT2D eigenvalue weighted by molar-refractivity contribution is 5.90. The third-order valence-electron chi connectivity index (χ3n) is 5.54. The predicted octanol–water partition coefficient (Wildman–Crippen LogP) is 2.24. The van der Waals surface area contributed by atoms with Gasteiger partial charge in [-0.2, -0.15) is 0 Å². The minimum Gasteiger partial charge on any atom is -0.391 e. The molecule has 0 aromatic heterocycles. The van der Waals surface area contributed by atoms with Gasteiger partial charge in [-0.3, -0.25) is 9.59 Å². The number of carbonyl (C=O) groups excluding carboxylic acids is 2. The van der Waals surface area contributed by atoms with Gasteiger partial charge < -0.3 is 15.3 Å². The van der Waals surface area contributed by atoms with Crippen LogP contribution in [0.15, 0.2) is 18.2 Å². The highest BCUT2D eigenvalue weighted by atomic mass is 16.3. The van der Waals surface area contributed by atoms with Crippen molar-refractivity contribution in [2.75, 3.05) is 6.54 Å². The number of hydrogen-bond donors (Lipinski definition) is 2. The molecule has 5 nitrogen and oxygen atoms in total. The molecule has 3 rings (SSSR count). The van der Waals surface area contributed by atoms with E-state index in [2.05, 4.69) is 31.3 Å². The maximum atomic E-state index is 13.1. The Morgan fingerprint density at radius 3 is 2.60 bits per heavy atom. The number of aryl methyl sites for hydroxylation is 1. The van der Waals surface area contributed by atoms with Gasteiger partial charge in [-0.05, 0) is 63.1 Å². The molecule has 3 unspecified atom stereocenters. The first-order valence-corrected chi connectivity index (χ1v) is 9.25. The Labute approximate surface area is 149 Å². The van der Waals surface area contributed by atoms with Crippen LogP contribution in [0.4, 0.5) is 0 Å². The molecule has 0 spiro atoms. The summed E-state index contributed by atoms with van der Waals surface area (Å²) in [5.74, 6) is -0.267. The van der Waals surface area contributed by atoms with Gasteiger partial charge in [0, 0.05) is 12.5 Å². The highest BCUT2D eigenvalue weighted by Gasteiger charge is 2.39. The highest BCUT2D eigenvalue weighted by Crippen LogP contribution is 2.35. The van der Waals surface area contributed by atoms with Gasteiger partial charge in [0.05, 0.1) is 12.1 Å². The summed E-state index contributed by atoms with van der Waals surface area (Å²) in [6.07, 6.45) is 2.70. The van der Waals surface area contributed by atoms with E-state index in [1.165, 1.54) is 16.7 Å². The molecular formula is C20H28N2O3. The largest absolute Gasteiger partial charge is 0.391 e. The molecule has 0 radical (unpaired) electrons. The van der Waals surface area contributed by atoms with Crippen LogP contribution in [0.2, 0.25) is 0 Å². The molecule has 1 aliphatic carbocycles. The molecule has 2 amide bonds. The zero-order valence-electron chi connectivity index (χ0n) is 15.3. The molecule has 2 aliphatic rings. The van der Waals surface area contributed by atoms with Crippen molar-refractivity contribution in [1.82, 2.24) is 10.2 Å². The summed E-state index contributed by atoms with van der Waals surface area (Å²) in [5, 5.41) is 12.9. The lowest BCUT2D eigenvalue weighted by Gasteiger charge is -2.31. The van der Waals surface area contributed by atoms with E-state index in [-0.39, 0.29) is 23.8 Å². The lowest BCUT2D eigenvalue weighted by Crippen LogP contribution is -2.53. The first kappa shape index (κ1) is 17.9. The van der Waals surface area contributed by atoms with Crippen LogP contribution in [0.5, 0.6) is 0 Å². The van der Waals surface area contributed by atoms with Gasteiger partial charge >= 0.3 is 0 Å². The molecule has 2 N–H and O–H groups in total. The van der Waals surface area contributed by atoms with Crippen molar-refractivity contribution in [1.29, 1.82) is 0 Å². The van der Waals surface area contributed by atoms with Crippen molar-refractivity contribution >= 4 is 11.8 Å². The summed E-state index contributed by atoms with van der Waals surface area (Å²) in [7, 11) is 0. The number of carbonyl (C=O) groups is 2. The normalized spacial score (nSPS) is 22.6. The third-order valence-corrected chi connectivity index (χ3v) is 5.54. The van der Waals surface area contributed by atoms with Gasteiger partial charge in [-0.15, -0.1) is 0 Å². The van der Waals surface area contributed by atoms with E-state index >= 15 is 0 Å². The van der Waals surface area contributed by atoms with Crippen molar-refractivity contribution < 1.29 is 14.7 Å². The number of aliphatic hydroxyl groups excluding tert-OH is 1. The Hall–Kier alpha value is -1.88. The van der Waals surface area contributed by atoms with Crippen molar-refractivity contribution in [3.8, 4) is 0 Å². The fraction of sp³-hybridized carbons (Fsp3) is 0.600.